The van der Waals surface area contributed by atoms with Crippen LogP contribution in [0.1, 0.15) is 18.4 Å². The van der Waals surface area contributed by atoms with Crippen molar-refractivity contribution in [3.8, 4) is 0 Å². The number of amides is 1. The van der Waals surface area contributed by atoms with Crippen molar-refractivity contribution in [1.82, 2.24) is 9.97 Å². The van der Waals surface area contributed by atoms with Gasteiger partial charge in [0.2, 0.25) is 5.91 Å². The highest BCUT2D eigenvalue weighted by Crippen LogP contribution is 2.32. The first-order valence-corrected chi connectivity index (χ1v) is 14.1. The summed E-state index contributed by atoms with van der Waals surface area (Å²) in [4.78, 5) is 25.1. The van der Waals surface area contributed by atoms with Crippen molar-refractivity contribution in [1.29, 1.82) is 0 Å². The first-order valence-electron chi connectivity index (χ1n) is 10.4. The molecule has 0 bridgehead atoms. The molecule has 170 valence electrons. The Labute approximate surface area is 201 Å². The molecule has 0 aliphatic rings. The summed E-state index contributed by atoms with van der Waals surface area (Å²) in [5.74, 6) is 0.823. The van der Waals surface area contributed by atoms with E-state index >= 15 is 0 Å². The average Bonchev–Trinajstić information content (AvgIpc) is 3.24. The lowest BCUT2D eigenvalue weighted by atomic mass is 10.2. The molecule has 9 heteroatoms. The predicted octanol–water partition coefficient (Wildman–Crippen LogP) is 5.20. The molecule has 33 heavy (non-hydrogen) atoms. The van der Waals surface area contributed by atoms with Crippen LogP contribution < -0.4 is 4.90 Å². The maximum atomic E-state index is 13.2. The highest BCUT2D eigenvalue weighted by Gasteiger charge is 2.21. The van der Waals surface area contributed by atoms with Gasteiger partial charge in [0.25, 0.3) is 0 Å². The van der Waals surface area contributed by atoms with Gasteiger partial charge < -0.3 is 0 Å². The number of benzene rings is 2. The smallest absolute Gasteiger partial charge is 0.229 e. The lowest BCUT2D eigenvalue weighted by Gasteiger charge is -2.20. The van der Waals surface area contributed by atoms with Gasteiger partial charge in [-0.1, -0.05) is 35.6 Å². The minimum atomic E-state index is -3.32. The van der Waals surface area contributed by atoms with E-state index in [1.54, 1.807) is 47.3 Å². The Morgan fingerprint density at radius 3 is 2.64 bits per heavy atom. The fourth-order valence-electron chi connectivity index (χ4n) is 3.24. The zero-order chi connectivity index (χ0) is 23.3. The van der Waals surface area contributed by atoms with Gasteiger partial charge >= 0.3 is 0 Å². The molecular formula is C24H23N3O3S3. The number of anilines is 1. The predicted molar refractivity (Wildman–Crippen MR) is 135 cm³/mol. The van der Waals surface area contributed by atoms with E-state index in [9.17, 15) is 13.2 Å². The molecule has 0 saturated heterocycles. The number of rotatable bonds is 9. The van der Waals surface area contributed by atoms with Crippen LogP contribution in [0.2, 0.25) is 0 Å². The van der Waals surface area contributed by atoms with Crippen LogP contribution >= 0.6 is 23.1 Å². The fraction of sp³-hybridized carbons (Fsp3) is 0.208. The molecule has 0 aliphatic carbocycles. The number of carbonyl (C=O) groups is 1. The molecule has 0 aliphatic heterocycles. The highest BCUT2D eigenvalue weighted by molar-refractivity contribution is 7.99. The first kappa shape index (κ1) is 23.4. The van der Waals surface area contributed by atoms with Gasteiger partial charge in [-0.2, -0.15) is 0 Å². The summed E-state index contributed by atoms with van der Waals surface area (Å²) in [7, 11) is -3.32. The van der Waals surface area contributed by atoms with E-state index in [-0.39, 0.29) is 10.8 Å². The van der Waals surface area contributed by atoms with Gasteiger partial charge in [0, 0.05) is 30.0 Å². The molecule has 1 amide bonds. The average molecular weight is 498 g/mol. The third kappa shape index (κ3) is 6.19. The van der Waals surface area contributed by atoms with Gasteiger partial charge in [-0.05, 0) is 54.1 Å². The zero-order valence-corrected chi connectivity index (χ0v) is 20.5. The maximum Gasteiger partial charge on any atom is 0.229 e. The van der Waals surface area contributed by atoms with Gasteiger partial charge in [0.15, 0.2) is 15.0 Å². The summed E-state index contributed by atoms with van der Waals surface area (Å²) in [5.41, 5.74) is 1.58. The lowest BCUT2D eigenvalue weighted by molar-refractivity contribution is -0.118. The lowest BCUT2D eigenvalue weighted by Crippen LogP contribution is -2.30. The summed E-state index contributed by atoms with van der Waals surface area (Å²) in [6.45, 7) is 0.358. The van der Waals surface area contributed by atoms with E-state index in [4.69, 9.17) is 0 Å². The van der Waals surface area contributed by atoms with Gasteiger partial charge in [0.05, 0.1) is 21.7 Å². The van der Waals surface area contributed by atoms with E-state index in [1.807, 2.05) is 30.3 Å². The zero-order valence-electron chi connectivity index (χ0n) is 18.0. The second kappa shape index (κ2) is 10.5. The maximum absolute atomic E-state index is 13.2. The number of hydrogen-bond acceptors (Lipinski definition) is 7. The molecule has 0 saturated carbocycles. The van der Waals surface area contributed by atoms with Crippen molar-refractivity contribution >= 4 is 54.2 Å². The molecular weight excluding hydrogens is 474 g/mol. The first-order chi connectivity index (χ1) is 15.9. The second-order valence-corrected chi connectivity index (χ2v) is 11.7. The molecule has 4 rings (SSSR count). The standard InChI is InChI=1S/C24H23N3O3S3/c1-33(29,30)20-11-12-21-22(15-20)32-24(26-21)27(17-18-7-5-13-25-16-18)23(28)10-6-14-31-19-8-3-2-4-9-19/h2-5,7-9,11-13,15-16H,6,10,14,17H2,1H3. The molecule has 0 fully saturated rings. The molecule has 2 aromatic heterocycles. The van der Waals surface area contributed by atoms with Crippen LogP contribution in [0.5, 0.6) is 0 Å². The Morgan fingerprint density at radius 2 is 1.91 bits per heavy atom. The highest BCUT2D eigenvalue weighted by atomic mass is 32.2. The normalized spacial score (nSPS) is 11.5. The SMILES string of the molecule is CS(=O)(=O)c1ccc2nc(N(Cc3cccnc3)C(=O)CCCSc3ccccc3)sc2c1. The van der Waals surface area contributed by atoms with Crippen molar-refractivity contribution in [3.63, 3.8) is 0 Å². The van der Waals surface area contributed by atoms with Gasteiger partial charge in [-0.3, -0.25) is 14.7 Å². The van der Waals surface area contributed by atoms with Crippen LogP contribution in [0, 0.1) is 0 Å². The molecule has 2 heterocycles. The monoisotopic (exact) mass is 497 g/mol. The number of carbonyl (C=O) groups excluding carboxylic acids is 1. The number of fused-ring (bicyclic) bond motifs is 1. The number of aromatic nitrogens is 2. The van der Waals surface area contributed by atoms with E-state index < -0.39 is 9.84 Å². The number of pyridine rings is 1. The summed E-state index contributed by atoms with van der Waals surface area (Å²) in [5, 5.41) is 0.556. The minimum Gasteiger partial charge on any atom is -0.284 e. The topological polar surface area (TPSA) is 80.2 Å². The number of hydrogen-bond donors (Lipinski definition) is 0. The number of thiazole rings is 1. The number of nitrogens with zero attached hydrogens (tertiary/aromatic N) is 3. The van der Waals surface area contributed by atoms with Crippen LogP contribution in [0.15, 0.2) is 82.8 Å². The molecule has 0 N–H and O–H groups in total. The third-order valence-corrected chi connectivity index (χ3v) is 8.17. The largest absolute Gasteiger partial charge is 0.284 e. The van der Waals surface area contributed by atoms with Crippen LogP contribution in [-0.2, 0) is 21.2 Å². The Kier molecular flexibility index (Phi) is 7.42. The second-order valence-electron chi connectivity index (χ2n) is 7.50. The van der Waals surface area contributed by atoms with Crippen LogP contribution in [0.25, 0.3) is 10.2 Å². The van der Waals surface area contributed by atoms with Crippen molar-refractivity contribution in [2.24, 2.45) is 0 Å². The third-order valence-electron chi connectivity index (χ3n) is 4.92. The quantitative estimate of drug-likeness (QED) is 0.234. The van der Waals surface area contributed by atoms with Crippen LogP contribution in [-0.4, -0.2) is 36.3 Å². The summed E-state index contributed by atoms with van der Waals surface area (Å²) >= 11 is 3.05. The van der Waals surface area contributed by atoms with Gasteiger partial charge in [-0.15, -0.1) is 11.8 Å². The van der Waals surface area contributed by atoms with E-state index in [2.05, 4.69) is 22.1 Å². The molecule has 0 spiro atoms. The molecule has 0 radical (unpaired) electrons. The Morgan fingerprint density at radius 1 is 1.09 bits per heavy atom. The summed E-state index contributed by atoms with van der Waals surface area (Å²) in [6, 6.07) is 18.7. The van der Waals surface area contributed by atoms with E-state index in [0.29, 0.717) is 23.6 Å². The summed E-state index contributed by atoms with van der Waals surface area (Å²) < 4.78 is 24.6. The van der Waals surface area contributed by atoms with E-state index in [1.165, 1.54) is 22.5 Å². The Bertz CT molecular complexity index is 1340. The summed E-state index contributed by atoms with van der Waals surface area (Å²) in [6.07, 6.45) is 5.75. The van der Waals surface area contributed by atoms with Crippen molar-refractivity contribution in [3.05, 3.63) is 78.6 Å². The minimum absolute atomic E-state index is 0.0186. The Balaban J connectivity index is 1.53. The molecule has 2 aromatic carbocycles. The fourth-order valence-corrected chi connectivity index (χ4v) is 5.86. The van der Waals surface area contributed by atoms with E-state index in [0.717, 1.165) is 22.4 Å². The molecule has 6 nitrogen and oxygen atoms in total. The Hall–Kier alpha value is -2.75. The van der Waals surface area contributed by atoms with Gasteiger partial charge in [-0.25, -0.2) is 13.4 Å². The molecule has 0 unspecified atom stereocenters. The van der Waals surface area contributed by atoms with Crippen LogP contribution in [0.3, 0.4) is 0 Å². The van der Waals surface area contributed by atoms with Gasteiger partial charge in [0.1, 0.15) is 0 Å². The van der Waals surface area contributed by atoms with Crippen molar-refractivity contribution < 1.29 is 13.2 Å². The molecule has 4 aromatic rings. The number of thioether (sulfide) groups is 1. The van der Waals surface area contributed by atoms with Crippen molar-refractivity contribution in [2.45, 2.75) is 29.2 Å². The van der Waals surface area contributed by atoms with Crippen molar-refractivity contribution in [2.75, 3.05) is 16.9 Å². The number of sulfone groups is 1. The van der Waals surface area contributed by atoms with Crippen LogP contribution in [0.4, 0.5) is 5.13 Å². The molecule has 0 atom stereocenters.